The van der Waals surface area contributed by atoms with Crippen LogP contribution in [0.3, 0.4) is 0 Å². The minimum Gasteiger partial charge on any atom is -0.507 e. The Bertz CT molecular complexity index is 1590. The lowest BCUT2D eigenvalue weighted by Gasteiger charge is -2.06. The lowest BCUT2D eigenvalue weighted by atomic mass is 10.2. The van der Waals surface area contributed by atoms with Crippen molar-refractivity contribution < 1.29 is 18.6 Å². The third kappa shape index (κ3) is 6.12. The summed E-state index contributed by atoms with van der Waals surface area (Å²) in [5.41, 5.74) is 2.11. The molecule has 0 aliphatic carbocycles. The molecule has 0 fully saturated rings. The highest BCUT2D eigenvalue weighted by atomic mass is 79.9. The van der Waals surface area contributed by atoms with Gasteiger partial charge in [-0.05, 0) is 94.8 Å². The van der Waals surface area contributed by atoms with Crippen LogP contribution in [-0.4, -0.2) is 31.1 Å². The average Bonchev–Trinajstić information content (AvgIpc) is 2.86. The maximum atomic E-state index is 13.1. The molecule has 0 amide bonds. The van der Waals surface area contributed by atoms with E-state index in [2.05, 4.69) is 57.8 Å². The average molecular weight is 693 g/mol. The number of phenolic OH excluding ortho intramolecular Hbond substituents is 2. The first kappa shape index (κ1) is 26.3. The van der Waals surface area contributed by atoms with Crippen LogP contribution < -0.4 is 0 Å². The summed E-state index contributed by atoms with van der Waals surface area (Å²) in [5.74, 6) is 0.151. The lowest BCUT2D eigenvalue weighted by molar-refractivity contribution is 0.471. The summed E-state index contributed by atoms with van der Waals surface area (Å²) in [5, 5.41) is 20.1. The maximum absolute atomic E-state index is 13.1. The number of rotatable bonds is 6. The molecule has 0 spiro atoms. The van der Waals surface area contributed by atoms with Gasteiger partial charge in [0.25, 0.3) is 0 Å². The summed E-state index contributed by atoms with van der Waals surface area (Å²) in [6.07, 6.45) is 3.01. The summed E-state index contributed by atoms with van der Waals surface area (Å²) < 4.78 is 28.2. The number of hydrogen-bond donors (Lipinski definition) is 2. The van der Waals surface area contributed by atoms with Crippen molar-refractivity contribution in [1.82, 2.24) is 0 Å². The van der Waals surface area contributed by atoms with Gasteiger partial charge in [-0.25, -0.2) is 8.42 Å². The Morgan fingerprint density at radius 2 is 1.14 bits per heavy atom. The van der Waals surface area contributed by atoms with Crippen LogP contribution >= 0.6 is 47.8 Å². The van der Waals surface area contributed by atoms with Crippen molar-refractivity contribution >= 4 is 81.4 Å². The van der Waals surface area contributed by atoms with Crippen molar-refractivity contribution in [3.63, 3.8) is 0 Å². The zero-order chi connectivity index (χ0) is 25.9. The van der Waals surface area contributed by atoms with Gasteiger partial charge in [0.15, 0.2) is 0 Å². The highest BCUT2D eigenvalue weighted by Crippen LogP contribution is 2.31. The molecule has 36 heavy (non-hydrogen) atoms. The standard InChI is InChI=1S/C26H17Br3N2O4S/c27-18-1-10-25(32)16(11-18)14-30-20-2-6-22(7-3-20)36(34,35)23-8-4-21(5-9-23)31-15-17-12-19(28)13-24(29)26(17)33/h1-15,32-33H. The van der Waals surface area contributed by atoms with E-state index < -0.39 is 9.84 Å². The number of nitrogens with zero attached hydrogens (tertiary/aromatic N) is 2. The number of phenols is 2. The Balaban J connectivity index is 1.51. The fourth-order valence-corrected chi connectivity index (χ4v) is 6.06. The number of hydrogen-bond acceptors (Lipinski definition) is 6. The number of sulfone groups is 1. The van der Waals surface area contributed by atoms with Crippen molar-refractivity contribution in [2.45, 2.75) is 9.79 Å². The van der Waals surface area contributed by atoms with Crippen molar-refractivity contribution in [2.75, 3.05) is 0 Å². The van der Waals surface area contributed by atoms with E-state index in [9.17, 15) is 18.6 Å². The molecule has 0 aliphatic rings. The first-order valence-corrected chi connectivity index (χ1v) is 14.2. The van der Waals surface area contributed by atoms with Crippen molar-refractivity contribution in [3.05, 3.63) is 103 Å². The first-order chi connectivity index (χ1) is 17.1. The largest absolute Gasteiger partial charge is 0.507 e. The predicted molar refractivity (Wildman–Crippen MR) is 152 cm³/mol. The fourth-order valence-electron chi connectivity index (χ4n) is 3.16. The molecule has 4 aromatic carbocycles. The predicted octanol–water partition coefficient (Wildman–Crippen LogP) is 7.72. The zero-order valence-corrected chi connectivity index (χ0v) is 23.9. The van der Waals surface area contributed by atoms with Crippen LogP contribution in [0.15, 0.2) is 112 Å². The fraction of sp³-hybridized carbons (Fsp3) is 0. The molecular formula is C26H17Br3N2O4S. The molecule has 4 rings (SSSR count). The van der Waals surface area contributed by atoms with E-state index in [0.29, 0.717) is 27.0 Å². The quantitative estimate of drug-likeness (QED) is 0.202. The van der Waals surface area contributed by atoms with Crippen LogP contribution in [0.5, 0.6) is 11.5 Å². The minimum atomic E-state index is -3.74. The molecule has 0 saturated heterocycles. The number of benzene rings is 4. The zero-order valence-electron chi connectivity index (χ0n) is 18.3. The lowest BCUT2D eigenvalue weighted by Crippen LogP contribution is -2.01. The molecule has 0 aromatic heterocycles. The number of aliphatic imine (C=N–C) groups is 2. The molecule has 0 atom stereocenters. The van der Waals surface area contributed by atoms with Gasteiger partial charge in [-0.3, -0.25) is 9.98 Å². The summed E-state index contributed by atoms with van der Waals surface area (Å²) in [6, 6.07) is 20.8. The highest BCUT2D eigenvalue weighted by molar-refractivity contribution is 9.11. The van der Waals surface area contributed by atoms with Gasteiger partial charge < -0.3 is 10.2 Å². The van der Waals surface area contributed by atoms with Gasteiger partial charge >= 0.3 is 0 Å². The third-order valence-corrected chi connectivity index (χ3v) is 8.39. The van der Waals surface area contributed by atoms with E-state index in [4.69, 9.17) is 0 Å². The van der Waals surface area contributed by atoms with Gasteiger partial charge in [-0.1, -0.05) is 31.9 Å². The first-order valence-electron chi connectivity index (χ1n) is 10.3. The maximum Gasteiger partial charge on any atom is 0.206 e. The number of aromatic hydroxyl groups is 2. The van der Waals surface area contributed by atoms with Crippen LogP contribution in [0.25, 0.3) is 0 Å². The van der Waals surface area contributed by atoms with Gasteiger partial charge in [-0.15, -0.1) is 0 Å². The Kier molecular flexibility index (Phi) is 8.09. The van der Waals surface area contributed by atoms with Crippen LogP contribution in [0.1, 0.15) is 11.1 Å². The van der Waals surface area contributed by atoms with Crippen molar-refractivity contribution in [3.8, 4) is 11.5 Å². The van der Waals surface area contributed by atoms with Crippen LogP contribution in [0.4, 0.5) is 11.4 Å². The van der Waals surface area contributed by atoms with E-state index in [0.717, 1.165) is 8.95 Å². The summed E-state index contributed by atoms with van der Waals surface area (Å²) >= 11 is 9.99. The molecule has 0 saturated carbocycles. The molecular weight excluding hydrogens is 676 g/mol. The van der Waals surface area contributed by atoms with Gasteiger partial charge in [0.05, 0.1) is 25.6 Å². The molecule has 10 heteroatoms. The Hall–Kier alpha value is -2.79. The second-order valence-corrected chi connectivity index (χ2v) is 12.2. The Morgan fingerprint density at radius 1 is 0.639 bits per heavy atom. The van der Waals surface area contributed by atoms with Crippen molar-refractivity contribution in [1.29, 1.82) is 0 Å². The molecule has 2 N–H and O–H groups in total. The molecule has 0 heterocycles. The normalized spacial score (nSPS) is 12.0. The third-order valence-electron chi connectivity index (χ3n) is 5.05. The van der Waals surface area contributed by atoms with E-state index in [1.54, 1.807) is 54.6 Å². The molecule has 0 bridgehead atoms. The Labute approximate surface area is 233 Å². The van der Waals surface area contributed by atoms with Gasteiger partial charge in [0.2, 0.25) is 9.84 Å². The molecule has 0 unspecified atom stereocenters. The summed E-state index contributed by atoms with van der Waals surface area (Å²) in [4.78, 5) is 8.89. The molecule has 6 nitrogen and oxygen atoms in total. The van der Waals surface area contributed by atoms with E-state index in [-0.39, 0.29) is 21.3 Å². The molecule has 4 aromatic rings. The summed E-state index contributed by atoms with van der Waals surface area (Å²) in [7, 11) is -3.74. The van der Waals surface area contributed by atoms with Gasteiger partial charge in [-0.2, -0.15) is 0 Å². The van der Waals surface area contributed by atoms with Crippen LogP contribution in [-0.2, 0) is 9.84 Å². The summed E-state index contributed by atoms with van der Waals surface area (Å²) in [6.45, 7) is 0. The van der Waals surface area contributed by atoms with Crippen LogP contribution in [0.2, 0.25) is 0 Å². The smallest absolute Gasteiger partial charge is 0.206 e. The van der Waals surface area contributed by atoms with Gasteiger partial charge in [0, 0.05) is 32.5 Å². The second kappa shape index (κ2) is 11.1. The van der Waals surface area contributed by atoms with E-state index in [1.165, 1.54) is 36.7 Å². The monoisotopic (exact) mass is 690 g/mol. The Morgan fingerprint density at radius 3 is 1.69 bits per heavy atom. The number of halogens is 3. The topological polar surface area (TPSA) is 99.3 Å². The second-order valence-electron chi connectivity index (χ2n) is 7.54. The van der Waals surface area contributed by atoms with Crippen molar-refractivity contribution in [2.24, 2.45) is 9.98 Å². The molecule has 182 valence electrons. The van der Waals surface area contributed by atoms with Crippen LogP contribution in [0, 0.1) is 0 Å². The minimum absolute atomic E-state index is 0.0577. The SMILES string of the molecule is O=S(=O)(c1ccc(N=Cc2cc(Br)ccc2O)cc1)c1ccc(N=Cc2cc(Br)cc(Br)c2O)cc1. The van der Waals surface area contributed by atoms with E-state index in [1.807, 2.05) is 0 Å². The molecule has 0 aliphatic heterocycles. The van der Waals surface area contributed by atoms with Gasteiger partial charge in [0.1, 0.15) is 11.5 Å². The van der Waals surface area contributed by atoms with E-state index >= 15 is 0 Å². The highest BCUT2D eigenvalue weighted by Gasteiger charge is 2.17. The molecule has 0 radical (unpaired) electrons.